The third-order valence-electron chi connectivity index (χ3n) is 3.62. The van der Waals surface area contributed by atoms with E-state index in [-0.39, 0.29) is 35.1 Å². The van der Waals surface area contributed by atoms with Crippen LogP contribution in [0.15, 0.2) is 34.8 Å². The Hall–Kier alpha value is -1.84. The summed E-state index contributed by atoms with van der Waals surface area (Å²) in [6.45, 7) is 7.93. The highest BCUT2D eigenvalue weighted by Gasteiger charge is 2.46. The Bertz CT molecular complexity index is 550. The SMILES string of the molecule is C=C(C)[C@@H]1CC2=C(O1)C(=O)C1=C(C2=O)[C@H](C)CO1. The molecule has 4 nitrogen and oxygen atoms in total. The fraction of sp³-hybridized carbons (Fsp3) is 0.429. The van der Waals surface area contributed by atoms with Gasteiger partial charge in [0.05, 0.1) is 17.8 Å². The first-order valence-corrected chi connectivity index (χ1v) is 6.02. The molecule has 0 spiro atoms. The number of Topliss-reactive ketones (excluding diaryl/α,β-unsaturated/α-hetero) is 2. The lowest BCUT2D eigenvalue weighted by Gasteiger charge is -2.14. The molecular weight excluding hydrogens is 232 g/mol. The molecule has 0 fully saturated rings. The van der Waals surface area contributed by atoms with Crippen molar-refractivity contribution in [1.82, 2.24) is 0 Å². The third-order valence-corrected chi connectivity index (χ3v) is 3.62. The molecule has 2 atom stereocenters. The van der Waals surface area contributed by atoms with E-state index in [0.717, 1.165) is 5.57 Å². The fourth-order valence-corrected chi connectivity index (χ4v) is 2.57. The van der Waals surface area contributed by atoms with Gasteiger partial charge in [0.1, 0.15) is 6.10 Å². The standard InChI is InChI=1S/C14H14O4/c1-6(2)9-4-8-11(15)10-7(3)5-17-14(10)12(16)13(8)18-9/h7,9H,1,4-5H2,2-3H3/t7-,9+/m1/s1. The van der Waals surface area contributed by atoms with Crippen molar-refractivity contribution < 1.29 is 19.1 Å². The lowest BCUT2D eigenvalue weighted by Crippen LogP contribution is -2.22. The summed E-state index contributed by atoms with van der Waals surface area (Å²) in [5.74, 6) is -0.0371. The van der Waals surface area contributed by atoms with Crippen LogP contribution in [-0.2, 0) is 19.1 Å². The summed E-state index contributed by atoms with van der Waals surface area (Å²) in [5, 5.41) is 0. The summed E-state index contributed by atoms with van der Waals surface area (Å²) in [6.07, 6.45) is 0.178. The fourth-order valence-electron chi connectivity index (χ4n) is 2.57. The van der Waals surface area contributed by atoms with Gasteiger partial charge in [0, 0.05) is 12.3 Å². The summed E-state index contributed by atoms with van der Waals surface area (Å²) in [7, 11) is 0. The van der Waals surface area contributed by atoms with E-state index in [1.165, 1.54) is 0 Å². The van der Waals surface area contributed by atoms with Crippen LogP contribution >= 0.6 is 0 Å². The van der Waals surface area contributed by atoms with Crippen molar-refractivity contribution in [3.8, 4) is 0 Å². The molecule has 4 heteroatoms. The van der Waals surface area contributed by atoms with Crippen LogP contribution in [0.2, 0.25) is 0 Å². The number of ketones is 2. The zero-order valence-corrected chi connectivity index (χ0v) is 10.4. The van der Waals surface area contributed by atoms with Crippen LogP contribution in [0, 0.1) is 5.92 Å². The lowest BCUT2D eigenvalue weighted by atomic mass is 9.86. The second kappa shape index (κ2) is 3.57. The van der Waals surface area contributed by atoms with Crippen molar-refractivity contribution in [2.75, 3.05) is 6.61 Å². The van der Waals surface area contributed by atoms with E-state index in [1.807, 2.05) is 13.8 Å². The molecule has 0 saturated heterocycles. The van der Waals surface area contributed by atoms with Gasteiger partial charge < -0.3 is 9.47 Å². The average Bonchev–Trinajstić information content (AvgIpc) is 2.90. The highest BCUT2D eigenvalue weighted by molar-refractivity contribution is 6.24. The zero-order valence-electron chi connectivity index (χ0n) is 10.4. The first-order valence-electron chi connectivity index (χ1n) is 6.02. The molecule has 2 aliphatic heterocycles. The molecule has 94 valence electrons. The van der Waals surface area contributed by atoms with Crippen LogP contribution in [0.5, 0.6) is 0 Å². The number of carbonyl (C=O) groups is 2. The maximum Gasteiger partial charge on any atom is 0.262 e. The number of hydrogen-bond donors (Lipinski definition) is 0. The van der Waals surface area contributed by atoms with Gasteiger partial charge in [-0.1, -0.05) is 13.5 Å². The van der Waals surface area contributed by atoms with Crippen molar-refractivity contribution in [1.29, 1.82) is 0 Å². The monoisotopic (exact) mass is 246 g/mol. The molecule has 3 aliphatic rings. The quantitative estimate of drug-likeness (QED) is 0.521. The third kappa shape index (κ3) is 1.32. The van der Waals surface area contributed by atoms with Crippen molar-refractivity contribution in [2.24, 2.45) is 5.92 Å². The van der Waals surface area contributed by atoms with Crippen molar-refractivity contribution in [3.05, 3.63) is 34.8 Å². The Morgan fingerprint density at radius 1 is 1.28 bits per heavy atom. The van der Waals surface area contributed by atoms with Gasteiger partial charge in [-0.15, -0.1) is 0 Å². The summed E-state index contributed by atoms with van der Waals surface area (Å²) < 4.78 is 10.9. The molecule has 18 heavy (non-hydrogen) atoms. The molecule has 0 aromatic rings. The predicted octanol–water partition coefficient (Wildman–Crippen LogP) is 1.68. The van der Waals surface area contributed by atoms with E-state index in [9.17, 15) is 9.59 Å². The van der Waals surface area contributed by atoms with Crippen LogP contribution in [0.1, 0.15) is 20.3 Å². The van der Waals surface area contributed by atoms with Crippen LogP contribution in [0.3, 0.4) is 0 Å². The Kier molecular flexibility index (Phi) is 2.24. The van der Waals surface area contributed by atoms with Gasteiger partial charge in [0.25, 0.3) is 5.78 Å². The molecule has 0 aromatic carbocycles. The van der Waals surface area contributed by atoms with E-state index in [4.69, 9.17) is 9.47 Å². The van der Waals surface area contributed by atoms with Crippen molar-refractivity contribution >= 4 is 11.6 Å². The zero-order chi connectivity index (χ0) is 13.0. The van der Waals surface area contributed by atoms with Crippen LogP contribution in [0.25, 0.3) is 0 Å². The van der Waals surface area contributed by atoms with E-state index in [0.29, 0.717) is 24.2 Å². The van der Waals surface area contributed by atoms with Gasteiger partial charge in [0.2, 0.25) is 0 Å². The summed E-state index contributed by atoms with van der Waals surface area (Å²) in [5.41, 5.74) is 1.83. The van der Waals surface area contributed by atoms with Crippen LogP contribution in [0.4, 0.5) is 0 Å². The normalized spacial score (nSPS) is 30.1. The minimum atomic E-state index is -0.285. The topological polar surface area (TPSA) is 52.6 Å². The van der Waals surface area contributed by atoms with Gasteiger partial charge in [-0.05, 0) is 12.5 Å². The van der Waals surface area contributed by atoms with Gasteiger partial charge in [-0.2, -0.15) is 0 Å². The summed E-state index contributed by atoms with van der Waals surface area (Å²) in [4.78, 5) is 24.6. The van der Waals surface area contributed by atoms with E-state index in [1.54, 1.807) is 0 Å². The largest absolute Gasteiger partial charge is 0.488 e. The Balaban J connectivity index is 2.00. The van der Waals surface area contributed by atoms with Gasteiger partial charge >= 0.3 is 0 Å². The molecule has 0 bridgehead atoms. The first-order chi connectivity index (χ1) is 8.50. The van der Waals surface area contributed by atoms with Crippen LogP contribution in [-0.4, -0.2) is 24.3 Å². The predicted molar refractivity (Wildman–Crippen MR) is 63.5 cm³/mol. The molecular formula is C14H14O4. The minimum absolute atomic E-state index is 0.0191. The Morgan fingerprint density at radius 2 is 2.00 bits per heavy atom. The smallest absolute Gasteiger partial charge is 0.262 e. The van der Waals surface area contributed by atoms with Gasteiger partial charge in [-0.25, -0.2) is 0 Å². The van der Waals surface area contributed by atoms with E-state index >= 15 is 0 Å². The van der Waals surface area contributed by atoms with Crippen molar-refractivity contribution in [2.45, 2.75) is 26.4 Å². The lowest BCUT2D eigenvalue weighted by molar-refractivity contribution is -0.120. The number of carbonyl (C=O) groups excluding carboxylic acids is 2. The number of ether oxygens (including phenoxy) is 2. The number of hydrogen-bond acceptors (Lipinski definition) is 4. The molecule has 0 saturated carbocycles. The van der Waals surface area contributed by atoms with Gasteiger partial charge in [0.15, 0.2) is 17.3 Å². The molecule has 0 unspecified atom stereocenters. The summed E-state index contributed by atoms with van der Waals surface area (Å²) >= 11 is 0. The highest BCUT2D eigenvalue weighted by atomic mass is 16.5. The molecule has 3 rings (SSSR count). The minimum Gasteiger partial charge on any atom is -0.488 e. The average molecular weight is 246 g/mol. The maximum atomic E-state index is 12.4. The van der Waals surface area contributed by atoms with Gasteiger partial charge in [-0.3, -0.25) is 9.59 Å². The molecule has 0 amide bonds. The molecule has 1 aliphatic carbocycles. The molecule has 0 aromatic heterocycles. The second-order valence-electron chi connectivity index (χ2n) is 5.08. The second-order valence-corrected chi connectivity index (χ2v) is 5.08. The molecule has 0 radical (unpaired) electrons. The Labute approximate surface area is 105 Å². The van der Waals surface area contributed by atoms with Crippen molar-refractivity contribution in [3.63, 3.8) is 0 Å². The van der Waals surface area contributed by atoms with E-state index < -0.39 is 0 Å². The first kappa shape index (κ1) is 11.3. The number of rotatable bonds is 1. The molecule has 2 heterocycles. The maximum absolute atomic E-state index is 12.4. The highest BCUT2D eigenvalue weighted by Crippen LogP contribution is 2.41. The Morgan fingerprint density at radius 3 is 2.67 bits per heavy atom. The van der Waals surface area contributed by atoms with E-state index in [2.05, 4.69) is 6.58 Å². The molecule has 0 N–H and O–H groups in total. The van der Waals surface area contributed by atoms with Crippen LogP contribution < -0.4 is 0 Å². The summed E-state index contributed by atoms with van der Waals surface area (Å²) in [6, 6.07) is 0.